The maximum absolute atomic E-state index is 12.2. The number of aryl methyl sites for hydroxylation is 1. The van der Waals surface area contributed by atoms with Crippen molar-refractivity contribution in [3.63, 3.8) is 0 Å². The van der Waals surface area contributed by atoms with Gasteiger partial charge in [-0.25, -0.2) is 9.78 Å². The number of amides is 2. The Labute approximate surface area is 171 Å². The SMILES string of the molecule is C=C/C=C(\C=C)CCc1cc(NC(=O)Nc2cc(Cl)ncc2N)ccn1.CC. The number of pyridine rings is 2. The number of hydrogen-bond donors (Lipinski definition) is 3. The van der Waals surface area contributed by atoms with E-state index in [4.69, 9.17) is 17.3 Å². The van der Waals surface area contributed by atoms with E-state index < -0.39 is 6.03 Å². The Morgan fingerprint density at radius 3 is 2.68 bits per heavy atom. The number of nitrogen functional groups attached to an aromatic ring is 1. The lowest BCUT2D eigenvalue weighted by molar-refractivity contribution is 0.262. The van der Waals surface area contributed by atoms with Crippen LogP contribution in [-0.2, 0) is 6.42 Å². The lowest BCUT2D eigenvalue weighted by Gasteiger charge is -2.10. The zero-order valence-corrected chi connectivity index (χ0v) is 17.0. The number of anilines is 3. The maximum atomic E-state index is 12.2. The predicted molar refractivity (Wildman–Crippen MR) is 119 cm³/mol. The first-order chi connectivity index (χ1) is 13.5. The molecule has 0 saturated heterocycles. The van der Waals surface area contributed by atoms with Gasteiger partial charge in [0.1, 0.15) is 5.15 Å². The minimum atomic E-state index is -0.436. The molecule has 28 heavy (non-hydrogen) atoms. The van der Waals surface area contributed by atoms with Crippen molar-refractivity contribution in [3.05, 3.63) is 78.4 Å². The molecule has 0 aliphatic heterocycles. The van der Waals surface area contributed by atoms with E-state index in [0.717, 1.165) is 24.1 Å². The molecule has 0 aromatic carbocycles. The van der Waals surface area contributed by atoms with E-state index in [2.05, 4.69) is 33.8 Å². The second-order valence-electron chi connectivity index (χ2n) is 5.39. The lowest BCUT2D eigenvalue weighted by atomic mass is 10.1. The van der Waals surface area contributed by atoms with Crippen LogP contribution in [0, 0.1) is 0 Å². The Bertz CT molecular complexity index is 848. The Morgan fingerprint density at radius 2 is 2.00 bits per heavy atom. The number of allylic oxidation sites excluding steroid dienone is 4. The summed E-state index contributed by atoms with van der Waals surface area (Å²) >= 11 is 5.81. The van der Waals surface area contributed by atoms with E-state index in [0.29, 0.717) is 17.1 Å². The topological polar surface area (TPSA) is 92.9 Å². The van der Waals surface area contributed by atoms with Gasteiger partial charge in [-0.2, -0.15) is 0 Å². The van der Waals surface area contributed by atoms with Crippen molar-refractivity contribution in [2.75, 3.05) is 16.4 Å². The molecule has 2 rings (SSSR count). The van der Waals surface area contributed by atoms with Crippen molar-refractivity contribution in [3.8, 4) is 0 Å². The maximum Gasteiger partial charge on any atom is 0.323 e. The first-order valence-electron chi connectivity index (χ1n) is 8.90. The lowest BCUT2D eigenvalue weighted by Crippen LogP contribution is -2.20. The monoisotopic (exact) mass is 399 g/mol. The van der Waals surface area contributed by atoms with Gasteiger partial charge >= 0.3 is 6.03 Å². The number of hydrogen-bond acceptors (Lipinski definition) is 4. The first kappa shape index (κ1) is 22.9. The van der Waals surface area contributed by atoms with Gasteiger partial charge in [0.25, 0.3) is 0 Å². The van der Waals surface area contributed by atoms with E-state index in [1.54, 1.807) is 24.4 Å². The normalized spacial score (nSPS) is 10.3. The second-order valence-corrected chi connectivity index (χ2v) is 5.78. The van der Waals surface area contributed by atoms with Crippen LogP contribution in [0.2, 0.25) is 5.15 Å². The molecular weight excluding hydrogens is 374 g/mol. The number of carbonyl (C=O) groups is 1. The average molecular weight is 400 g/mol. The van der Waals surface area contributed by atoms with Crippen LogP contribution in [-0.4, -0.2) is 16.0 Å². The van der Waals surface area contributed by atoms with Gasteiger partial charge in [0.15, 0.2) is 0 Å². The molecule has 7 heteroatoms. The van der Waals surface area contributed by atoms with Crippen molar-refractivity contribution in [1.82, 2.24) is 9.97 Å². The molecule has 0 saturated carbocycles. The quantitative estimate of drug-likeness (QED) is 0.416. The number of aromatic nitrogens is 2. The van der Waals surface area contributed by atoms with E-state index in [9.17, 15) is 4.79 Å². The number of rotatable bonds is 7. The summed E-state index contributed by atoms with van der Waals surface area (Å²) in [7, 11) is 0. The van der Waals surface area contributed by atoms with Gasteiger partial charge in [-0.1, -0.05) is 56.8 Å². The molecule has 0 radical (unpaired) electrons. The minimum Gasteiger partial charge on any atom is -0.396 e. The highest BCUT2D eigenvalue weighted by atomic mass is 35.5. The molecular formula is C21H26ClN5O. The highest BCUT2D eigenvalue weighted by molar-refractivity contribution is 6.29. The number of nitrogens with one attached hydrogen (secondary N) is 2. The molecule has 6 nitrogen and oxygen atoms in total. The van der Waals surface area contributed by atoms with Crippen LogP contribution in [0.15, 0.2) is 67.6 Å². The summed E-state index contributed by atoms with van der Waals surface area (Å²) in [5.41, 5.74) is 9.03. The molecule has 2 heterocycles. The number of carbonyl (C=O) groups excluding carboxylic acids is 1. The van der Waals surface area contributed by atoms with Gasteiger partial charge in [0, 0.05) is 23.6 Å². The Kier molecular flexibility index (Phi) is 10.1. The molecule has 0 aliphatic carbocycles. The van der Waals surface area contributed by atoms with Crippen LogP contribution in [0.3, 0.4) is 0 Å². The number of urea groups is 1. The van der Waals surface area contributed by atoms with E-state index in [1.807, 2.05) is 26.0 Å². The van der Waals surface area contributed by atoms with Gasteiger partial charge in [0.2, 0.25) is 0 Å². The van der Waals surface area contributed by atoms with Crippen LogP contribution in [0.4, 0.5) is 21.9 Å². The zero-order valence-electron chi connectivity index (χ0n) is 16.2. The molecule has 0 fully saturated rings. The molecule has 0 atom stereocenters. The summed E-state index contributed by atoms with van der Waals surface area (Å²) in [5.74, 6) is 0. The molecule has 148 valence electrons. The highest BCUT2D eigenvalue weighted by Crippen LogP contribution is 2.21. The number of nitrogens with zero attached hydrogens (tertiary/aromatic N) is 2. The summed E-state index contributed by atoms with van der Waals surface area (Å²) in [6.07, 6.45) is 9.96. The molecule has 4 N–H and O–H groups in total. The van der Waals surface area contributed by atoms with Gasteiger partial charge in [0.05, 0.1) is 17.6 Å². The Balaban J connectivity index is 0.00000190. The van der Waals surface area contributed by atoms with Crippen molar-refractivity contribution >= 4 is 34.7 Å². The second kappa shape index (κ2) is 12.3. The number of halogens is 1. The molecule has 0 unspecified atom stereocenters. The van der Waals surface area contributed by atoms with E-state index in [1.165, 1.54) is 12.3 Å². The van der Waals surface area contributed by atoms with Crippen molar-refractivity contribution in [1.29, 1.82) is 0 Å². The van der Waals surface area contributed by atoms with Gasteiger partial charge in [-0.3, -0.25) is 4.98 Å². The zero-order chi connectivity index (χ0) is 20.9. The third kappa shape index (κ3) is 7.63. The minimum absolute atomic E-state index is 0.242. The Morgan fingerprint density at radius 1 is 1.25 bits per heavy atom. The predicted octanol–water partition coefficient (Wildman–Crippen LogP) is 5.61. The van der Waals surface area contributed by atoms with E-state index >= 15 is 0 Å². The third-order valence-electron chi connectivity index (χ3n) is 3.49. The average Bonchev–Trinajstić information content (AvgIpc) is 2.69. The molecule has 0 aliphatic rings. The fourth-order valence-corrected chi connectivity index (χ4v) is 2.36. The van der Waals surface area contributed by atoms with Crippen LogP contribution in [0.25, 0.3) is 0 Å². The summed E-state index contributed by atoms with van der Waals surface area (Å²) < 4.78 is 0. The molecule has 2 amide bonds. The molecule has 0 bridgehead atoms. The van der Waals surface area contributed by atoms with Crippen LogP contribution >= 0.6 is 11.6 Å². The highest BCUT2D eigenvalue weighted by Gasteiger charge is 2.08. The van der Waals surface area contributed by atoms with Gasteiger partial charge < -0.3 is 16.4 Å². The summed E-state index contributed by atoms with van der Waals surface area (Å²) in [5, 5.41) is 5.63. The van der Waals surface area contributed by atoms with Crippen molar-refractivity contribution in [2.45, 2.75) is 26.7 Å². The standard InChI is InChI=1S/C19H20ClN5O.C2H6/c1-3-5-13(4-2)6-7-14-10-15(8-9-22-14)24-19(26)25-17-11-18(20)23-12-16(17)21;1-2/h3-5,8-12H,1-2,6-7,21H2,(H2,22,23,24,25,26);1-2H3/b13-5+;. The third-order valence-corrected chi connectivity index (χ3v) is 3.69. The fraction of sp³-hybridized carbons (Fsp3) is 0.190. The van der Waals surface area contributed by atoms with Crippen molar-refractivity contribution < 1.29 is 4.79 Å². The summed E-state index contributed by atoms with van der Waals surface area (Å²) in [4.78, 5) is 20.3. The van der Waals surface area contributed by atoms with Crippen molar-refractivity contribution in [2.24, 2.45) is 0 Å². The van der Waals surface area contributed by atoms with Crippen LogP contribution in [0.5, 0.6) is 0 Å². The van der Waals surface area contributed by atoms with Crippen LogP contribution < -0.4 is 16.4 Å². The smallest absolute Gasteiger partial charge is 0.323 e. The molecule has 2 aromatic heterocycles. The van der Waals surface area contributed by atoms with Crippen LogP contribution in [0.1, 0.15) is 26.0 Å². The first-order valence-corrected chi connectivity index (χ1v) is 9.27. The number of nitrogens with two attached hydrogens (primary N) is 1. The largest absolute Gasteiger partial charge is 0.396 e. The van der Waals surface area contributed by atoms with Gasteiger partial charge in [-0.15, -0.1) is 0 Å². The molecule has 0 spiro atoms. The Hall–Kier alpha value is -3.12. The molecule has 2 aromatic rings. The fourth-order valence-electron chi connectivity index (χ4n) is 2.20. The summed E-state index contributed by atoms with van der Waals surface area (Å²) in [6.45, 7) is 11.5. The summed E-state index contributed by atoms with van der Waals surface area (Å²) in [6, 6.07) is 4.57. The van der Waals surface area contributed by atoms with Gasteiger partial charge in [-0.05, 0) is 30.5 Å². The van der Waals surface area contributed by atoms with E-state index in [-0.39, 0.29) is 5.15 Å².